The highest BCUT2D eigenvalue weighted by atomic mass is 15.1. The Morgan fingerprint density at radius 3 is 2.50 bits per heavy atom. The Bertz CT molecular complexity index is 169. The molecule has 0 spiro atoms. The van der Waals surface area contributed by atoms with Gasteiger partial charge in [0.2, 0.25) is 0 Å². The lowest BCUT2D eigenvalue weighted by Gasteiger charge is -2.13. The van der Waals surface area contributed by atoms with Crippen LogP contribution in [0.1, 0.15) is 25.7 Å². The maximum absolute atomic E-state index is 3.60. The molecule has 14 heavy (non-hydrogen) atoms. The number of fused-ring (bicyclic) bond motifs is 1. The van der Waals surface area contributed by atoms with Crippen LogP contribution >= 0.6 is 0 Å². The van der Waals surface area contributed by atoms with Crippen LogP contribution < -0.4 is 5.32 Å². The maximum Gasteiger partial charge on any atom is -0.00127 e. The second-order valence-corrected chi connectivity index (χ2v) is 5.45. The van der Waals surface area contributed by atoms with Gasteiger partial charge < -0.3 is 10.2 Å². The third-order valence-corrected chi connectivity index (χ3v) is 3.73. The summed E-state index contributed by atoms with van der Waals surface area (Å²) in [5.74, 6) is 3.30. The molecule has 2 atom stereocenters. The van der Waals surface area contributed by atoms with E-state index in [1.54, 1.807) is 6.42 Å². The number of rotatable bonds is 6. The first-order valence-electron chi connectivity index (χ1n) is 6.11. The SMILES string of the molecule is CN(C)CCCNCC1CC2CC2C1. The van der Waals surface area contributed by atoms with E-state index in [0.29, 0.717) is 0 Å². The first-order chi connectivity index (χ1) is 6.75. The van der Waals surface area contributed by atoms with Gasteiger partial charge in [0.25, 0.3) is 0 Å². The molecule has 0 amide bonds. The van der Waals surface area contributed by atoms with Crippen LogP contribution in [0, 0.1) is 17.8 Å². The maximum atomic E-state index is 3.60. The zero-order valence-corrected chi connectivity index (χ0v) is 9.63. The Balaban J connectivity index is 1.43. The van der Waals surface area contributed by atoms with Crippen LogP contribution in [0.15, 0.2) is 0 Å². The van der Waals surface area contributed by atoms with Gasteiger partial charge in [-0.15, -0.1) is 0 Å². The summed E-state index contributed by atoms with van der Waals surface area (Å²) in [6.45, 7) is 3.69. The minimum absolute atomic E-state index is 1.01. The Morgan fingerprint density at radius 2 is 1.86 bits per heavy atom. The molecule has 0 heterocycles. The van der Waals surface area contributed by atoms with Crippen molar-refractivity contribution < 1.29 is 0 Å². The van der Waals surface area contributed by atoms with Crippen LogP contribution in [-0.4, -0.2) is 38.6 Å². The highest BCUT2D eigenvalue weighted by Gasteiger charge is 2.45. The molecule has 2 heteroatoms. The average molecular weight is 196 g/mol. The van der Waals surface area contributed by atoms with Crippen LogP contribution in [0.4, 0.5) is 0 Å². The summed E-state index contributed by atoms with van der Waals surface area (Å²) in [6, 6.07) is 0. The molecule has 0 saturated heterocycles. The van der Waals surface area contributed by atoms with E-state index in [9.17, 15) is 0 Å². The van der Waals surface area contributed by atoms with Gasteiger partial charge in [-0.1, -0.05) is 0 Å². The highest BCUT2D eigenvalue weighted by molar-refractivity contribution is 4.96. The fourth-order valence-corrected chi connectivity index (χ4v) is 2.83. The van der Waals surface area contributed by atoms with Crippen LogP contribution in [0.25, 0.3) is 0 Å². The minimum atomic E-state index is 1.01. The molecule has 0 aliphatic heterocycles. The molecule has 2 rings (SSSR count). The van der Waals surface area contributed by atoms with Gasteiger partial charge in [0.15, 0.2) is 0 Å². The van der Waals surface area contributed by atoms with Gasteiger partial charge in [-0.25, -0.2) is 0 Å². The Kier molecular flexibility index (Phi) is 3.45. The average Bonchev–Trinajstić information content (AvgIpc) is 2.73. The van der Waals surface area contributed by atoms with E-state index in [1.807, 2.05) is 0 Å². The van der Waals surface area contributed by atoms with E-state index in [4.69, 9.17) is 0 Å². The van der Waals surface area contributed by atoms with Gasteiger partial charge in [0.1, 0.15) is 0 Å². The van der Waals surface area contributed by atoms with Gasteiger partial charge >= 0.3 is 0 Å². The van der Waals surface area contributed by atoms with Crippen LogP contribution in [-0.2, 0) is 0 Å². The summed E-state index contributed by atoms with van der Waals surface area (Å²) in [6.07, 6.45) is 5.88. The van der Waals surface area contributed by atoms with Crippen LogP contribution in [0.2, 0.25) is 0 Å². The second-order valence-electron chi connectivity index (χ2n) is 5.45. The van der Waals surface area contributed by atoms with E-state index in [2.05, 4.69) is 24.3 Å². The summed E-state index contributed by atoms with van der Waals surface area (Å²) in [5, 5.41) is 3.60. The van der Waals surface area contributed by atoms with Crippen molar-refractivity contribution in [2.75, 3.05) is 33.7 Å². The lowest BCUT2D eigenvalue weighted by atomic mass is 10.0. The van der Waals surface area contributed by atoms with Crippen molar-refractivity contribution in [2.24, 2.45) is 17.8 Å². The molecular weight excluding hydrogens is 172 g/mol. The van der Waals surface area contributed by atoms with E-state index < -0.39 is 0 Å². The van der Waals surface area contributed by atoms with E-state index >= 15 is 0 Å². The predicted molar refractivity (Wildman–Crippen MR) is 60.4 cm³/mol. The smallest absolute Gasteiger partial charge is 0.00127 e. The molecule has 0 aromatic heterocycles. The summed E-state index contributed by atoms with van der Waals surface area (Å²) in [7, 11) is 4.29. The largest absolute Gasteiger partial charge is 0.316 e. The first kappa shape index (κ1) is 10.4. The lowest BCUT2D eigenvalue weighted by molar-refractivity contribution is 0.383. The van der Waals surface area contributed by atoms with Crippen molar-refractivity contribution in [2.45, 2.75) is 25.7 Å². The molecule has 1 N–H and O–H groups in total. The number of hydrogen-bond donors (Lipinski definition) is 1. The molecule has 2 nitrogen and oxygen atoms in total. The van der Waals surface area contributed by atoms with Crippen molar-refractivity contribution in [3.63, 3.8) is 0 Å². The van der Waals surface area contributed by atoms with Gasteiger partial charge in [-0.3, -0.25) is 0 Å². The fourth-order valence-electron chi connectivity index (χ4n) is 2.83. The summed E-state index contributed by atoms with van der Waals surface area (Å²) < 4.78 is 0. The molecular formula is C12H24N2. The Labute approximate surface area is 88.1 Å². The van der Waals surface area contributed by atoms with Crippen LogP contribution in [0.5, 0.6) is 0 Å². The topological polar surface area (TPSA) is 15.3 Å². The number of hydrogen-bond acceptors (Lipinski definition) is 2. The minimum Gasteiger partial charge on any atom is -0.316 e. The van der Waals surface area contributed by atoms with Gasteiger partial charge in [-0.2, -0.15) is 0 Å². The molecule has 2 fully saturated rings. The zero-order valence-electron chi connectivity index (χ0n) is 9.63. The summed E-state index contributed by atoms with van der Waals surface area (Å²) in [4.78, 5) is 2.26. The molecule has 0 aromatic carbocycles. The van der Waals surface area contributed by atoms with Crippen molar-refractivity contribution in [1.29, 1.82) is 0 Å². The summed E-state index contributed by atoms with van der Waals surface area (Å²) in [5.41, 5.74) is 0. The lowest BCUT2D eigenvalue weighted by Crippen LogP contribution is -2.25. The standard InChI is InChI=1S/C12H24N2/c1-14(2)5-3-4-13-9-10-6-11-8-12(11)7-10/h10-13H,3-9H2,1-2H3. The molecule has 2 unspecified atom stereocenters. The fraction of sp³-hybridized carbons (Fsp3) is 1.00. The predicted octanol–water partition coefficient (Wildman–Crippen LogP) is 1.57. The van der Waals surface area contributed by atoms with Crippen LogP contribution in [0.3, 0.4) is 0 Å². The molecule has 0 aromatic rings. The molecule has 82 valence electrons. The molecule has 2 aliphatic carbocycles. The first-order valence-corrected chi connectivity index (χ1v) is 6.11. The van der Waals surface area contributed by atoms with E-state index in [1.165, 1.54) is 38.9 Å². The summed E-state index contributed by atoms with van der Waals surface area (Å²) >= 11 is 0. The quantitative estimate of drug-likeness (QED) is 0.649. The highest BCUT2D eigenvalue weighted by Crippen LogP contribution is 2.54. The van der Waals surface area contributed by atoms with Gasteiger partial charge in [0, 0.05) is 0 Å². The van der Waals surface area contributed by atoms with E-state index in [0.717, 1.165) is 17.8 Å². The van der Waals surface area contributed by atoms with Crippen molar-refractivity contribution in [3.05, 3.63) is 0 Å². The Morgan fingerprint density at radius 1 is 1.14 bits per heavy atom. The molecule has 0 bridgehead atoms. The van der Waals surface area contributed by atoms with Gasteiger partial charge in [-0.05, 0) is 77.2 Å². The molecule has 2 saturated carbocycles. The third kappa shape index (κ3) is 2.96. The Hall–Kier alpha value is -0.0800. The third-order valence-electron chi connectivity index (χ3n) is 3.73. The molecule has 2 aliphatic rings. The molecule has 0 radical (unpaired) electrons. The van der Waals surface area contributed by atoms with E-state index in [-0.39, 0.29) is 0 Å². The van der Waals surface area contributed by atoms with Gasteiger partial charge in [0.05, 0.1) is 0 Å². The van der Waals surface area contributed by atoms with Crippen molar-refractivity contribution in [3.8, 4) is 0 Å². The zero-order chi connectivity index (χ0) is 9.97. The number of nitrogens with one attached hydrogen (secondary N) is 1. The van der Waals surface area contributed by atoms with Crippen molar-refractivity contribution >= 4 is 0 Å². The number of nitrogens with zero attached hydrogens (tertiary/aromatic N) is 1. The second kappa shape index (κ2) is 4.63. The normalized spacial score (nSPS) is 34.9. The van der Waals surface area contributed by atoms with Crippen molar-refractivity contribution in [1.82, 2.24) is 10.2 Å². The monoisotopic (exact) mass is 196 g/mol.